The normalized spacial score (nSPS) is 11.9. The van der Waals surface area contributed by atoms with Crippen LogP contribution in [0.15, 0.2) is 42.5 Å². The van der Waals surface area contributed by atoms with Gasteiger partial charge in [-0.15, -0.1) is 0 Å². The molecule has 0 saturated carbocycles. The molecule has 0 saturated heterocycles. The summed E-state index contributed by atoms with van der Waals surface area (Å²) in [4.78, 5) is 24.9. The van der Waals surface area contributed by atoms with E-state index >= 15 is 0 Å². The predicted molar refractivity (Wildman–Crippen MR) is 100 cm³/mol. The van der Waals surface area contributed by atoms with Gasteiger partial charge in [0.05, 0.1) is 0 Å². The van der Waals surface area contributed by atoms with Crippen molar-refractivity contribution >= 4 is 11.8 Å². The molecule has 138 valence electrons. The van der Waals surface area contributed by atoms with Crippen molar-refractivity contribution in [3.63, 3.8) is 0 Å². The second-order valence-electron chi connectivity index (χ2n) is 6.85. The molecule has 0 aliphatic carbocycles. The quantitative estimate of drug-likeness (QED) is 0.832. The predicted octanol–water partition coefficient (Wildman–Crippen LogP) is 3.51. The molecule has 0 spiro atoms. The SMILES string of the molecule is Cc1ccc(CNC(=O)C(NC(=O)c2ccc(F)cc2)C(C)C)c(C)c1. The van der Waals surface area contributed by atoms with E-state index in [0.717, 1.165) is 11.1 Å². The van der Waals surface area contributed by atoms with Crippen LogP contribution in [0, 0.1) is 25.6 Å². The average molecular weight is 356 g/mol. The zero-order valence-electron chi connectivity index (χ0n) is 15.6. The van der Waals surface area contributed by atoms with E-state index in [4.69, 9.17) is 0 Å². The molecular weight excluding hydrogens is 331 g/mol. The molecule has 0 heterocycles. The third-order valence-electron chi connectivity index (χ3n) is 4.29. The van der Waals surface area contributed by atoms with E-state index in [1.807, 2.05) is 39.8 Å². The molecular formula is C21H25FN2O2. The Balaban J connectivity index is 2.02. The maximum absolute atomic E-state index is 13.0. The Morgan fingerprint density at radius 3 is 2.27 bits per heavy atom. The molecule has 2 rings (SSSR count). The fourth-order valence-electron chi connectivity index (χ4n) is 2.70. The first-order valence-corrected chi connectivity index (χ1v) is 8.68. The first-order valence-electron chi connectivity index (χ1n) is 8.68. The highest BCUT2D eigenvalue weighted by Crippen LogP contribution is 2.11. The van der Waals surface area contributed by atoms with Gasteiger partial charge in [-0.2, -0.15) is 0 Å². The first-order chi connectivity index (χ1) is 12.3. The zero-order valence-corrected chi connectivity index (χ0v) is 15.6. The lowest BCUT2D eigenvalue weighted by Gasteiger charge is -2.22. The highest BCUT2D eigenvalue weighted by Gasteiger charge is 2.24. The van der Waals surface area contributed by atoms with Crippen molar-refractivity contribution in [2.75, 3.05) is 0 Å². The Morgan fingerprint density at radius 2 is 1.69 bits per heavy atom. The summed E-state index contributed by atoms with van der Waals surface area (Å²) >= 11 is 0. The van der Waals surface area contributed by atoms with Crippen molar-refractivity contribution in [2.24, 2.45) is 5.92 Å². The van der Waals surface area contributed by atoms with Crippen LogP contribution in [0.1, 0.15) is 40.9 Å². The molecule has 5 heteroatoms. The second kappa shape index (κ2) is 8.61. The molecule has 2 aromatic rings. The third kappa shape index (κ3) is 5.15. The van der Waals surface area contributed by atoms with Gasteiger partial charge in [0.25, 0.3) is 5.91 Å². The van der Waals surface area contributed by atoms with Crippen molar-refractivity contribution in [3.8, 4) is 0 Å². The number of benzene rings is 2. The Bertz CT molecular complexity index is 785. The van der Waals surface area contributed by atoms with Crippen LogP contribution in [0.5, 0.6) is 0 Å². The molecule has 2 aromatic carbocycles. The number of nitrogens with one attached hydrogen (secondary N) is 2. The van der Waals surface area contributed by atoms with Crippen LogP contribution in [0.4, 0.5) is 4.39 Å². The molecule has 0 fully saturated rings. The molecule has 2 N–H and O–H groups in total. The van der Waals surface area contributed by atoms with Crippen molar-refractivity contribution in [2.45, 2.75) is 40.3 Å². The fourth-order valence-corrected chi connectivity index (χ4v) is 2.70. The van der Waals surface area contributed by atoms with E-state index in [2.05, 4.69) is 16.7 Å². The minimum atomic E-state index is -0.668. The summed E-state index contributed by atoms with van der Waals surface area (Å²) in [5.41, 5.74) is 3.64. The van der Waals surface area contributed by atoms with Gasteiger partial charge in [-0.1, -0.05) is 37.6 Å². The molecule has 0 aromatic heterocycles. The van der Waals surface area contributed by atoms with Gasteiger partial charge in [-0.3, -0.25) is 9.59 Å². The number of amides is 2. The number of aryl methyl sites for hydroxylation is 2. The van der Waals surface area contributed by atoms with Gasteiger partial charge in [0.2, 0.25) is 5.91 Å². The molecule has 4 nitrogen and oxygen atoms in total. The molecule has 1 unspecified atom stereocenters. The third-order valence-corrected chi connectivity index (χ3v) is 4.29. The van der Waals surface area contributed by atoms with Gasteiger partial charge in [0.1, 0.15) is 11.9 Å². The second-order valence-corrected chi connectivity index (χ2v) is 6.85. The average Bonchev–Trinajstić information content (AvgIpc) is 2.58. The Morgan fingerprint density at radius 1 is 1.04 bits per heavy atom. The molecule has 0 radical (unpaired) electrons. The summed E-state index contributed by atoms with van der Waals surface area (Å²) in [5, 5.41) is 5.63. The minimum Gasteiger partial charge on any atom is -0.350 e. The number of carbonyl (C=O) groups is 2. The molecule has 0 bridgehead atoms. The maximum atomic E-state index is 13.0. The van der Waals surface area contributed by atoms with E-state index in [1.165, 1.54) is 29.8 Å². The van der Waals surface area contributed by atoms with Crippen LogP contribution in [-0.2, 0) is 11.3 Å². The van der Waals surface area contributed by atoms with Gasteiger partial charge in [-0.05, 0) is 55.2 Å². The van der Waals surface area contributed by atoms with Crippen LogP contribution >= 0.6 is 0 Å². The smallest absolute Gasteiger partial charge is 0.251 e. The van der Waals surface area contributed by atoms with E-state index in [1.54, 1.807) is 0 Å². The fraction of sp³-hybridized carbons (Fsp3) is 0.333. The lowest BCUT2D eigenvalue weighted by atomic mass is 10.0. The van der Waals surface area contributed by atoms with E-state index in [-0.39, 0.29) is 11.8 Å². The van der Waals surface area contributed by atoms with Crippen molar-refractivity contribution in [1.29, 1.82) is 0 Å². The summed E-state index contributed by atoms with van der Waals surface area (Å²) in [6.07, 6.45) is 0. The van der Waals surface area contributed by atoms with E-state index in [9.17, 15) is 14.0 Å². The van der Waals surface area contributed by atoms with Crippen LogP contribution in [0.25, 0.3) is 0 Å². The van der Waals surface area contributed by atoms with Crippen LogP contribution in [0.3, 0.4) is 0 Å². The largest absolute Gasteiger partial charge is 0.350 e. The highest BCUT2D eigenvalue weighted by molar-refractivity contribution is 5.97. The van der Waals surface area contributed by atoms with Crippen molar-refractivity contribution in [1.82, 2.24) is 10.6 Å². The van der Waals surface area contributed by atoms with Gasteiger partial charge in [-0.25, -0.2) is 4.39 Å². The number of carbonyl (C=O) groups excluding carboxylic acids is 2. The Labute approximate surface area is 153 Å². The molecule has 0 aliphatic rings. The van der Waals surface area contributed by atoms with E-state index in [0.29, 0.717) is 12.1 Å². The molecule has 26 heavy (non-hydrogen) atoms. The van der Waals surface area contributed by atoms with Crippen LogP contribution < -0.4 is 10.6 Å². The summed E-state index contributed by atoms with van der Waals surface area (Å²) in [5.74, 6) is -1.13. The van der Waals surface area contributed by atoms with Gasteiger partial charge in [0, 0.05) is 12.1 Å². The Kier molecular flexibility index (Phi) is 6.50. The van der Waals surface area contributed by atoms with Crippen LogP contribution in [-0.4, -0.2) is 17.9 Å². The summed E-state index contributed by atoms with van der Waals surface area (Å²) in [6, 6.07) is 10.6. The van der Waals surface area contributed by atoms with E-state index < -0.39 is 17.8 Å². The standard InChI is InChI=1S/C21H25FN2O2/c1-13(2)19(24-20(25)16-7-9-18(22)10-8-16)21(26)23-12-17-6-5-14(3)11-15(17)4/h5-11,13,19H,12H2,1-4H3,(H,23,26)(H,24,25). The molecule has 0 aliphatic heterocycles. The van der Waals surface area contributed by atoms with Gasteiger partial charge < -0.3 is 10.6 Å². The van der Waals surface area contributed by atoms with Gasteiger partial charge in [0.15, 0.2) is 0 Å². The first kappa shape index (κ1) is 19.6. The molecule has 1 atom stereocenters. The number of rotatable bonds is 6. The lowest BCUT2D eigenvalue weighted by Crippen LogP contribution is -2.49. The van der Waals surface area contributed by atoms with Crippen LogP contribution in [0.2, 0.25) is 0 Å². The summed E-state index contributed by atoms with van der Waals surface area (Å²) in [6.45, 7) is 8.17. The molecule has 2 amide bonds. The maximum Gasteiger partial charge on any atom is 0.251 e. The van der Waals surface area contributed by atoms with Crippen molar-refractivity contribution in [3.05, 3.63) is 70.5 Å². The number of hydrogen-bond acceptors (Lipinski definition) is 2. The highest BCUT2D eigenvalue weighted by atomic mass is 19.1. The minimum absolute atomic E-state index is 0.0847. The summed E-state index contributed by atoms with van der Waals surface area (Å²) in [7, 11) is 0. The van der Waals surface area contributed by atoms with Gasteiger partial charge >= 0.3 is 0 Å². The monoisotopic (exact) mass is 356 g/mol. The lowest BCUT2D eigenvalue weighted by molar-refractivity contribution is -0.124. The Hall–Kier alpha value is -2.69. The number of hydrogen-bond donors (Lipinski definition) is 2. The number of halogens is 1. The van der Waals surface area contributed by atoms with Crippen molar-refractivity contribution < 1.29 is 14.0 Å². The zero-order chi connectivity index (χ0) is 19.3. The topological polar surface area (TPSA) is 58.2 Å². The summed E-state index contributed by atoms with van der Waals surface area (Å²) < 4.78 is 13.0.